The molecule has 0 saturated carbocycles. The van der Waals surface area contributed by atoms with Crippen LogP contribution in [0.2, 0.25) is 0 Å². The van der Waals surface area contributed by atoms with Gasteiger partial charge in [0.25, 0.3) is 0 Å². The smallest absolute Gasteiger partial charge is 0.320 e. The molecule has 1 fully saturated rings. The Kier molecular flexibility index (Phi) is 5.78. The van der Waals surface area contributed by atoms with Crippen molar-refractivity contribution in [2.24, 2.45) is 0 Å². The predicted molar refractivity (Wildman–Crippen MR) is 115 cm³/mol. The quantitative estimate of drug-likeness (QED) is 0.645. The van der Waals surface area contributed by atoms with Crippen molar-refractivity contribution in [2.75, 3.05) is 41.7 Å². The van der Waals surface area contributed by atoms with Crippen LogP contribution in [0.15, 0.2) is 47.0 Å². The van der Waals surface area contributed by atoms with Crippen molar-refractivity contribution in [3.63, 3.8) is 0 Å². The van der Waals surface area contributed by atoms with Gasteiger partial charge in [0.15, 0.2) is 0 Å². The minimum Gasteiger partial charge on any atom is -0.399 e. The van der Waals surface area contributed by atoms with Crippen LogP contribution in [0.3, 0.4) is 0 Å². The largest absolute Gasteiger partial charge is 0.399 e. The Hall–Kier alpha value is -3.95. The average molecular weight is 421 g/mol. The molecule has 10 heteroatoms. The molecule has 3 aromatic rings. The van der Waals surface area contributed by atoms with E-state index in [4.69, 9.17) is 4.42 Å². The Balaban J connectivity index is 1.34. The second kappa shape index (κ2) is 8.82. The summed E-state index contributed by atoms with van der Waals surface area (Å²) in [4.78, 5) is 32.2. The van der Waals surface area contributed by atoms with Gasteiger partial charge in [0, 0.05) is 38.8 Å². The van der Waals surface area contributed by atoms with Crippen LogP contribution in [0, 0.1) is 6.92 Å². The lowest BCUT2D eigenvalue weighted by Crippen LogP contribution is -2.48. The van der Waals surface area contributed by atoms with Gasteiger partial charge in [0.2, 0.25) is 5.91 Å². The Morgan fingerprint density at radius 1 is 1.03 bits per heavy atom. The van der Waals surface area contributed by atoms with Gasteiger partial charge in [-0.2, -0.15) is 0 Å². The molecule has 31 heavy (non-hydrogen) atoms. The molecule has 1 aromatic carbocycles. The number of carbonyl (C=O) groups is 2. The van der Waals surface area contributed by atoms with Crippen LogP contribution in [0.25, 0.3) is 0 Å². The molecule has 0 atom stereocenters. The number of hydrogen-bond donors (Lipinski definition) is 2. The molecule has 3 heterocycles. The van der Waals surface area contributed by atoms with Crippen molar-refractivity contribution in [2.45, 2.75) is 13.8 Å². The maximum absolute atomic E-state index is 12.4. The molecule has 1 aliphatic heterocycles. The number of hydrogen-bond acceptors (Lipinski definition) is 8. The van der Waals surface area contributed by atoms with E-state index in [-0.39, 0.29) is 17.8 Å². The van der Waals surface area contributed by atoms with Gasteiger partial charge in [-0.05, 0) is 36.8 Å². The summed E-state index contributed by atoms with van der Waals surface area (Å²) < 4.78 is 5.40. The lowest BCUT2D eigenvalue weighted by atomic mass is 10.2. The Bertz CT molecular complexity index is 1070. The van der Waals surface area contributed by atoms with E-state index in [9.17, 15) is 9.59 Å². The number of benzene rings is 1. The number of pyridine rings is 1. The van der Waals surface area contributed by atoms with Gasteiger partial charge in [-0.3, -0.25) is 9.59 Å². The Morgan fingerprint density at radius 3 is 2.52 bits per heavy atom. The standard InChI is InChI=1S/C21H23N7O3/c1-14-4-3-5-16(12-14)24-21-26-25-20(31-21)19(30)23-17-6-7-18(22-13-17)28-10-8-27(9-11-28)15(2)29/h3-7,12-13H,8-11H2,1-2H3,(H,23,30)(H,24,26). The number of amides is 2. The second-order valence-electron chi connectivity index (χ2n) is 7.26. The third-order valence-corrected chi connectivity index (χ3v) is 4.94. The summed E-state index contributed by atoms with van der Waals surface area (Å²) in [5, 5.41) is 13.3. The predicted octanol–water partition coefficient (Wildman–Crippen LogP) is 2.44. The number of nitrogens with zero attached hydrogens (tertiary/aromatic N) is 5. The van der Waals surface area contributed by atoms with Crippen LogP contribution in [-0.4, -0.2) is 58.1 Å². The van der Waals surface area contributed by atoms with Gasteiger partial charge < -0.3 is 24.9 Å². The molecule has 10 nitrogen and oxygen atoms in total. The number of nitrogens with one attached hydrogen (secondary N) is 2. The first kappa shape index (κ1) is 20.3. The van der Waals surface area contributed by atoms with E-state index in [0.29, 0.717) is 18.8 Å². The summed E-state index contributed by atoms with van der Waals surface area (Å²) >= 11 is 0. The van der Waals surface area contributed by atoms with Gasteiger partial charge in [-0.1, -0.05) is 17.2 Å². The SMILES string of the molecule is CC(=O)N1CCN(c2ccc(NC(=O)c3nnc(Nc4cccc(C)c4)o3)cn2)CC1. The van der Waals surface area contributed by atoms with Crippen molar-refractivity contribution < 1.29 is 14.0 Å². The summed E-state index contributed by atoms with van der Waals surface area (Å²) in [6, 6.07) is 11.4. The van der Waals surface area contributed by atoms with Gasteiger partial charge >= 0.3 is 17.8 Å². The minimum absolute atomic E-state index is 0.0870. The molecule has 0 bridgehead atoms. The molecule has 0 spiro atoms. The molecular formula is C21H23N7O3. The van der Waals surface area contributed by atoms with Crippen molar-refractivity contribution in [3.8, 4) is 0 Å². The second-order valence-corrected chi connectivity index (χ2v) is 7.26. The van der Waals surface area contributed by atoms with Gasteiger partial charge in [0.1, 0.15) is 5.82 Å². The van der Waals surface area contributed by atoms with E-state index in [2.05, 4.69) is 30.7 Å². The normalized spacial score (nSPS) is 13.7. The molecule has 4 rings (SSSR count). The van der Waals surface area contributed by atoms with Crippen LogP contribution in [0.1, 0.15) is 23.2 Å². The molecule has 2 N–H and O–H groups in total. The summed E-state index contributed by atoms with van der Waals surface area (Å²) in [5.41, 5.74) is 2.39. The first-order chi connectivity index (χ1) is 15.0. The Morgan fingerprint density at radius 2 is 1.84 bits per heavy atom. The summed E-state index contributed by atoms with van der Waals surface area (Å²) in [6.45, 7) is 6.34. The van der Waals surface area contributed by atoms with Crippen LogP contribution in [0.4, 0.5) is 23.2 Å². The fraction of sp³-hybridized carbons (Fsp3) is 0.286. The maximum atomic E-state index is 12.4. The van der Waals surface area contributed by atoms with Gasteiger partial charge in [-0.15, -0.1) is 5.10 Å². The van der Waals surface area contributed by atoms with Crippen LogP contribution in [-0.2, 0) is 4.79 Å². The Labute approximate surface area is 179 Å². The van der Waals surface area contributed by atoms with Gasteiger partial charge in [-0.25, -0.2) is 4.98 Å². The van der Waals surface area contributed by atoms with E-state index in [1.807, 2.05) is 42.2 Å². The molecule has 160 valence electrons. The van der Waals surface area contributed by atoms with E-state index in [1.54, 1.807) is 19.2 Å². The fourth-order valence-corrected chi connectivity index (χ4v) is 3.29. The first-order valence-corrected chi connectivity index (χ1v) is 9.93. The number of aromatic nitrogens is 3. The lowest BCUT2D eigenvalue weighted by Gasteiger charge is -2.34. The summed E-state index contributed by atoms with van der Waals surface area (Å²) in [6.07, 6.45) is 1.58. The van der Waals surface area contributed by atoms with Crippen LogP contribution < -0.4 is 15.5 Å². The molecule has 1 saturated heterocycles. The highest BCUT2D eigenvalue weighted by molar-refractivity contribution is 6.00. The van der Waals surface area contributed by atoms with Crippen LogP contribution in [0.5, 0.6) is 0 Å². The molecule has 1 aliphatic rings. The number of anilines is 4. The van der Waals surface area contributed by atoms with Crippen LogP contribution >= 0.6 is 0 Å². The summed E-state index contributed by atoms with van der Waals surface area (Å²) in [7, 11) is 0. The molecule has 0 unspecified atom stereocenters. The monoisotopic (exact) mass is 421 g/mol. The highest BCUT2D eigenvalue weighted by Gasteiger charge is 2.20. The molecule has 2 aromatic heterocycles. The molecular weight excluding hydrogens is 398 g/mol. The van der Waals surface area contributed by atoms with E-state index in [1.165, 1.54) is 0 Å². The number of aryl methyl sites for hydroxylation is 1. The zero-order chi connectivity index (χ0) is 21.8. The van der Waals surface area contributed by atoms with Crippen molar-refractivity contribution in [3.05, 3.63) is 54.0 Å². The van der Waals surface area contributed by atoms with Crippen molar-refractivity contribution >= 4 is 35.0 Å². The molecule has 0 radical (unpaired) electrons. The lowest BCUT2D eigenvalue weighted by molar-refractivity contribution is -0.129. The number of rotatable bonds is 5. The number of piperazine rings is 1. The van der Waals surface area contributed by atoms with Crippen molar-refractivity contribution in [1.29, 1.82) is 0 Å². The zero-order valence-corrected chi connectivity index (χ0v) is 17.3. The van der Waals surface area contributed by atoms with Crippen molar-refractivity contribution in [1.82, 2.24) is 20.1 Å². The zero-order valence-electron chi connectivity index (χ0n) is 17.3. The maximum Gasteiger partial charge on any atom is 0.320 e. The minimum atomic E-state index is -0.519. The average Bonchev–Trinajstić information content (AvgIpc) is 3.23. The highest BCUT2D eigenvalue weighted by atomic mass is 16.4. The third-order valence-electron chi connectivity index (χ3n) is 4.94. The van der Waals surface area contributed by atoms with Gasteiger partial charge in [0.05, 0.1) is 11.9 Å². The molecule has 0 aliphatic carbocycles. The highest BCUT2D eigenvalue weighted by Crippen LogP contribution is 2.19. The summed E-state index contributed by atoms with van der Waals surface area (Å²) in [5.74, 6) is 0.210. The van der Waals surface area contributed by atoms with E-state index < -0.39 is 5.91 Å². The fourth-order valence-electron chi connectivity index (χ4n) is 3.29. The number of carbonyl (C=O) groups excluding carboxylic acids is 2. The van der Waals surface area contributed by atoms with E-state index >= 15 is 0 Å². The van der Waals surface area contributed by atoms with E-state index in [0.717, 1.165) is 30.2 Å². The first-order valence-electron chi connectivity index (χ1n) is 9.93. The third kappa shape index (κ3) is 4.97. The topological polar surface area (TPSA) is 116 Å². The molecule has 2 amide bonds.